The molecule has 5 nitrogen and oxygen atoms in total. The van der Waals surface area contributed by atoms with Crippen LogP contribution in [0.2, 0.25) is 0 Å². The Morgan fingerprint density at radius 3 is 2.76 bits per heavy atom. The van der Waals surface area contributed by atoms with Crippen LogP contribution in [0.4, 0.5) is 13.9 Å². The van der Waals surface area contributed by atoms with E-state index in [1.165, 1.54) is 12.3 Å². The number of amides is 1. The zero-order chi connectivity index (χ0) is 15.4. The first kappa shape index (κ1) is 15.0. The van der Waals surface area contributed by atoms with Crippen LogP contribution >= 0.6 is 11.3 Å². The third-order valence-corrected chi connectivity index (χ3v) is 3.12. The molecule has 0 bridgehead atoms. The van der Waals surface area contributed by atoms with Gasteiger partial charge in [0.2, 0.25) is 0 Å². The van der Waals surface area contributed by atoms with E-state index in [9.17, 15) is 18.4 Å². The number of nitrogens with one attached hydrogen (secondary N) is 1. The van der Waals surface area contributed by atoms with Crippen LogP contribution < -0.4 is 10.1 Å². The lowest BCUT2D eigenvalue weighted by molar-refractivity contribution is -0.118. The lowest BCUT2D eigenvalue weighted by Crippen LogP contribution is -2.20. The van der Waals surface area contributed by atoms with Gasteiger partial charge in [-0.1, -0.05) is 0 Å². The molecule has 2 rings (SSSR count). The molecule has 0 aliphatic rings. The molecule has 1 aromatic heterocycles. The summed E-state index contributed by atoms with van der Waals surface area (Å²) in [7, 11) is 0. The summed E-state index contributed by atoms with van der Waals surface area (Å²) in [5, 5.41) is 4.17. The van der Waals surface area contributed by atoms with Gasteiger partial charge in [-0.3, -0.25) is 14.9 Å². The van der Waals surface area contributed by atoms with E-state index in [4.69, 9.17) is 4.74 Å². The van der Waals surface area contributed by atoms with Crippen molar-refractivity contribution in [1.29, 1.82) is 0 Å². The Morgan fingerprint density at radius 2 is 2.14 bits per heavy atom. The van der Waals surface area contributed by atoms with E-state index in [2.05, 4.69) is 10.3 Å². The molecule has 0 radical (unpaired) electrons. The molecule has 0 saturated carbocycles. The van der Waals surface area contributed by atoms with Crippen LogP contribution in [0.15, 0.2) is 23.6 Å². The topological polar surface area (TPSA) is 68.3 Å². The van der Waals surface area contributed by atoms with Crippen molar-refractivity contribution in [1.82, 2.24) is 4.98 Å². The van der Waals surface area contributed by atoms with E-state index in [1.807, 2.05) is 0 Å². The van der Waals surface area contributed by atoms with Crippen molar-refractivity contribution in [3.05, 3.63) is 40.9 Å². The Hall–Kier alpha value is -2.35. The number of thiazole rings is 1. The third-order valence-electron chi connectivity index (χ3n) is 2.36. The van der Waals surface area contributed by atoms with Crippen molar-refractivity contribution in [3.63, 3.8) is 0 Å². The normalized spacial score (nSPS) is 10.2. The fourth-order valence-corrected chi connectivity index (χ4v) is 2.15. The number of aromatic nitrogens is 1. The van der Waals surface area contributed by atoms with Crippen LogP contribution in [0.25, 0.3) is 0 Å². The summed E-state index contributed by atoms with van der Waals surface area (Å²) in [4.78, 5) is 26.5. The number of halogens is 2. The maximum absolute atomic E-state index is 13.3. The Labute approximate surface area is 122 Å². The number of rotatable bonds is 5. The average Bonchev–Trinajstić information content (AvgIpc) is 2.86. The molecule has 21 heavy (non-hydrogen) atoms. The molecule has 0 aliphatic carbocycles. The molecule has 0 unspecified atom stereocenters. The highest BCUT2D eigenvalue weighted by Crippen LogP contribution is 2.18. The first-order valence-electron chi connectivity index (χ1n) is 5.80. The van der Waals surface area contributed by atoms with Crippen molar-refractivity contribution in [2.24, 2.45) is 0 Å². The van der Waals surface area contributed by atoms with E-state index >= 15 is 0 Å². The van der Waals surface area contributed by atoms with E-state index in [0.717, 1.165) is 23.5 Å². The molecule has 1 aromatic carbocycles. The number of ether oxygens (including phenoxy) is 1. The van der Waals surface area contributed by atoms with Gasteiger partial charge in [-0.15, -0.1) is 11.3 Å². The number of benzene rings is 1. The minimum absolute atomic E-state index is 0.212. The summed E-state index contributed by atoms with van der Waals surface area (Å²) in [6.45, 7) is 0.901. The maximum Gasteiger partial charge on any atom is 0.264 e. The number of ketones is 1. The van der Waals surface area contributed by atoms with Crippen LogP contribution in [-0.2, 0) is 4.79 Å². The van der Waals surface area contributed by atoms with Crippen LogP contribution in [0.1, 0.15) is 17.4 Å². The second-order valence-corrected chi connectivity index (χ2v) is 4.86. The number of carbonyl (C=O) groups excluding carboxylic acids is 2. The maximum atomic E-state index is 13.3. The minimum atomic E-state index is -0.893. The first-order valence-corrected chi connectivity index (χ1v) is 6.68. The Kier molecular flexibility index (Phi) is 4.59. The van der Waals surface area contributed by atoms with Crippen molar-refractivity contribution in [2.75, 3.05) is 11.9 Å². The predicted octanol–water partition coefficient (Wildman–Crippen LogP) is 2.64. The second kappa shape index (κ2) is 6.40. The van der Waals surface area contributed by atoms with Crippen molar-refractivity contribution >= 4 is 28.2 Å². The predicted molar refractivity (Wildman–Crippen MR) is 72.6 cm³/mol. The standard InChI is InChI=1S/C13H10F2N2O3S/c1-7(18)10-6-21-13(16-10)17-12(19)5-20-11-3-2-8(14)4-9(11)15/h2-4,6H,5H2,1H3,(H,16,17,19). The summed E-state index contributed by atoms with van der Waals surface area (Å²) in [5.74, 6) is -2.63. The highest BCUT2D eigenvalue weighted by molar-refractivity contribution is 7.14. The van der Waals surface area contributed by atoms with Gasteiger partial charge >= 0.3 is 0 Å². The molecule has 2 aromatic rings. The smallest absolute Gasteiger partial charge is 0.264 e. The minimum Gasteiger partial charge on any atom is -0.481 e. The fraction of sp³-hybridized carbons (Fsp3) is 0.154. The van der Waals surface area contributed by atoms with Crippen LogP contribution in [0.5, 0.6) is 5.75 Å². The van der Waals surface area contributed by atoms with E-state index < -0.39 is 24.1 Å². The number of carbonyl (C=O) groups is 2. The summed E-state index contributed by atoms with van der Waals surface area (Å²) in [6, 6.07) is 2.78. The van der Waals surface area contributed by atoms with Gasteiger partial charge in [-0.2, -0.15) is 0 Å². The van der Waals surface area contributed by atoms with Gasteiger partial charge < -0.3 is 4.74 Å². The van der Waals surface area contributed by atoms with Gasteiger partial charge in [0, 0.05) is 18.4 Å². The van der Waals surface area contributed by atoms with Crippen molar-refractivity contribution < 1.29 is 23.1 Å². The van der Waals surface area contributed by atoms with Gasteiger partial charge in [0.05, 0.1) is 0 Å². The lowest BCUT2D eigenvalue weighted by atomic mass is 10.3. The first-order chi connectivity index (χ1) is 9.95. The van der Waals surface area contributed by atoms with E-state index in [1.54, 1.807) is 0 Å². The van der Waals surface area contributed by atoms with Crippen molar-refractivity contribution in [3.8, 4) is 5.75 Å². The number of anilines is 1. The largest absolute Gasteiger partial charge is 0.481 e. The summed E-state index contributed by atoms with van der Waals surface area (Å²) < 4.78 is 30.9. The molecule has 110 valence electrons. The quantitative estimate of drug-likeness (QED) is 0.862. The highest BCUT2D eigenvalue weighted by Gasteiger charge is 2.11. The number of nitrogens with zero attached hydrogens (tertiary/aromatic N) is 1. The van der Waals surface area contributed by atoms with Gasteiger partial charge in [0.25, 0.3) is 5.91 Å². The molecule has 0 aliphatic heterocycles. The van der Waals surface area contributed by atoms with Crippen LogP contribution in [0.3, 0.4) is 0 Å². The zero-order valence-corrected chi connectivity index (χ0v) is 11.7. The number of Topliss-reactive ketones (excluding diaryl/α,β-unsaturated/α-hetero) is 1. The van der Waals surface area contributed by atoms with Gasteiger partial charge in [0.1, 0.15) is 11.5 Å². The van der Waals surface area contributed by atoms with Gasteiger partial charge in [0.15, 0.2) is 29.1 Å². The van der Waals surface area contributed by atoms with Crippen molar-refractivity contribution in [2.45, 2.75) is 6.92 Å². The number of hydrogen-bond acceptors (Lipinski definition) is 5. The zero-order valence-electron chi connectivity index (χ0n) is 10.9. The van der Waals surface area contributed by atoms with E-state index in [-0.39, 0.29) is 22.4 Å². The Bertz CT molecular complexity index is 688. The van der Waals surface area contributed by atoms with Gasteiger partial charge in [-0.25, -0.2) is 13.8 Å². The van der Waals surface area contributed by atoms with Gasteiger partial charge in [-0.05, 0) is 12.1 Å². The van der Waals surface area contributed by atoms with Crippen LogP contribution in [0, 0.1) is 11.6 Å². The lowest BCUT2D eigenvalue weighted by Gasteiger charge is -2.06. The molecule has 0 fully saturated rings. The second-order valence-electron chi connectivity index (χ2n) is 4.01. The fourth-order valence-electron chi connectivity index (χ4n) is 1.38. The average molecular weight is 312 g/mol. The SMILES string of the molecule is CC(=O)c1csc(NC(=O)COc2ccc(F)cc2F)n1. The Balaban J connectivity index is 1.91. The summed E-state index contributed by atoms with van der Waals surface area (Å²) in [6.07, 6.45) is 0. The summed E-state index contributed by atoms with van der Waals surface area (Å²) >= 11 is 1.09. The molecule has 0 saturated heterocycles. The number of hydrogen-bond donors (Lipinski definition) is 1. The monoisotopic (exact) mass is 312 g/mol. The molecule has 1 N–H and O–H groups in total. The summed E-state index contributed by atoms with van der Waals surface area (Å²) in [5.41, 5.74) is 0.251. The molecule has 1 amide bonds. The third kappa shape index (κ3) is 4.06. The molecule has 0 spiro atoms. The Morgan fingerprint density at radius 1 is 1.38 bits per heavy atom. The molecular formula is C13H10F2N2O3S. The van der Waals surface area contributed by atoms with Crippen LogP contribution in [-0.4, -0.2) is 23.3 Å². The van der Waals surface area contributed by atoms with E-state index in [0.29, 0.717) is 6.07 Å². The molecule has 1 heterocycles. The highest BCUT2D eigenvalue weighted by atomic mass is 32.1. The molecular weight excluding hydrogens is 302 g/mol. The molecule has 0 atom stereocenters. The molecule has 8 heteroatoms.